The summed E-state index contributed by atoms with van der Waals surface area (Å²) in [4.78, 5) is 11.2. The second-order valence-electron chi connectivity index (χ2n) is 4.69. The molecular weight excluding hydrogens is 218 g/mol. The SMILES string of the molecule is COC(=O)c1ccc(NC2(C)CCCC2)nn1. The predicted octanol–water partition coefficient (Wildman–Crippen LogP) is 2.01. The molecule has 0 atom stereocenters. The summed E-state index contributed by atoms with van der Waals surface area (Å²) in [5.41, 5.74) is 0.344. The number of nitrogens with zero attached hydrogens (tertiary/aromatic N) is 2. The first-order chi connectivity index (χ1) is 8.13. The van der Waals surface area contributed by atoms with Crippen LogP contribution in [-0.4, -0.2) is 28.8 Å². The van der Waals surface area contributed by atoms with Gasteiger partial charge in [-0.1, -0.05) is 12.8 Å². The van der Waals surface area contributed by atoms with E-state index in [1.165, 1.54) is 20.0 Å². The highest BCUT2D eigenvalue weighted by Crippen LogP contribution is 2.31. The Morgan fingerprint density at radius 3 is 2.59 bits per heavy atom. The second-order valence-corrected chi connectivity index (χ2v) is 4.69. The third-order valence-corrected chi connectivity index (χ3v) is 3.20. The van der Waals surface area contributed by atoms with E-state index < -0.39 is 5.97 Å². The highest BCUT2D eigenvalue weighted by molar-refractivity contribution is 5.86. The fourth-order valence-electron chi connectivity index (χ4n) is 2.20. The molecule has 0 bridgehead atoms. The van der Waals surface area contributed by atoms with Crippen molar-refractivity contribution >= 4 is 11.8 Å². The number of nitrogens with one attached hydrogen (secondary N) is 1. The number of hydrogen-bond donors (Lipinski definition) is 1. The van der Waals surface area contributed by atoms with Crippen LogP contribution in [-0.2, 0) is 4.74 Å². The lowest BCUT2D eigenvalue weighted by molar-refractivity contribution is 0.0593. The maximum absolute atomic E-state index is 11.2. The fraction of sp³-hybridized carbons (Fsp3) is 0.583. The Morgan fingerprint density at radius 2 is 2.06 bits per heavy atom. The van der Waals surface area contributed by atoms with Gasteiger partial charge >= 0.3 is 5.97 Å². The molecule has 0 aliphatic heterocycles. The Labute approximate surface area is 101 Å². The number of carbonyl (C=O) groups is 1. The standard InChI is InChI=1S/C12H17N3O2/c1-12(7-3-4-8-12)13-10-6-5-9(14-15-10)11(16)17-2/h5-6H,3-4,7-8H2,1-2H3,(H,13,15). The Kier molecular flexibility index (Phi) is 3.26. The summed E-state index contributed by atoms with van der Waals surface area (Å²) < 4.78 is 4.57. The zero-order valence-electron chi connectivity index (χ0n) is 10.2. The van der Waals surface area contributed by atoms with Gasteiger partial charge < -0.3 is 10.1 Å². The van der Waals surface area contributed by atoms with Crippen LogP contribution in [0.2, 0.25) is 0 Å². The lowest BCUT2D eigenvalue weighted by atomic mass is 10.0. The van der Waals surface area contributed by atoms with Gasteiger partial charge in [0.2, 0.25) is 0 Å². The van der Waals surface area contributed by atoms with Crippen molar-refractivity contribution in [3.8, 4) is 0 Å². The first-order valence-corrected chi connectivity index (χ1v) is 5.83. The lowest BCUT2D eigenvalue weighted by Crippen LogP contribution is -2.31. The highest BCUT2D eigenvalue weighted by Gasteiger charge is 2.28. The van der Waals surface area contributed by atoms with E-state index in [9.17, 15) is 4.79 Å². The third kappa shape index (κ3) is 2.72. The molecule has 0 aromatic carbocycles. The van der Waals surface area contributed by atoms with Crippen LogP contribution in [0, 0.1) is 0 Å². The molecule has 1 aliphatic rings. The topological polar surface area (TPSA) is 64.1 Å². The number of hydrogen-bond acceptors (Lipinski definition) is 5. The van der Waals surface area contributed by atoms with E-state index in [1.54, 1.807) is 12.1 Å². The third-order valence-electron chi connectivity index (χ3n) is 3.20. The molecule has 2 rings (SSSR count). The summed E-state index contributed by atoms with van der Waals surface area (Å²) in [5, 5.41) is 11.2. The van der Waals surface area contributed by atoms with E-state index in [1.807, 2.05) is 0 Å². The molecule has 5 nitrogen and oxygen atoms in total. The maximum atomic E-state index is 11.2. The molecular formula is C12H17N3O2. The van der Waals surface area contributed by atoms with Gasteiger partial charge in [-0.2, -0.15) is 0 Å². The predicted molar refractivity (Wildman–Crippen MR) is 63.9 cm³/mol. The molecule has 1 aliphatic carbocycles. The number of methoxy groups -OCH3 is 1. The summed E-state index contributed by atoms with van der Waals surface area (Å²) >= 11 is 0. The van der Waals surface area contributed by atoms with Gasteiger partial charge in [0.05, 0.1) is 7.11 Å². The molecule has 1 N–H and O–H groups in total. The van der Waals surface area contributed by atoms with Gasteiger partial charge in [-0.3, -0.25) is 0 Å². The molecule has 1 saturated carbocycles. The van der Waals surface area contributed by atoms with Gasteiger partial charge in [-0.15, -0.1) is 10.2 Å². The Bertz CT molecular complexity index is 397. The van der Waals surface area contributed by atoms with Crippen LogP contribution in [0.3, 0.4) is 0 Å². The summed E-state index contributed by atoms with van der Waals surface area (Å²) in [6, 6.07) is 3.39. The molecule has 1 heterocycles. The minimum Gasteiger partial charge on any atom is -0.464 e. The fourth-order valence-corrected chi connectivity index (χ4v) is 2.20. The average molecular weight is 235 g/mol. The minimum absolute atomic E-state index is 0.113. The normalized spacial score (nSPS) is 17.8. The zero-order valence-corrected chi connectivity index (χ0v) is 10.2. The van der Waals surface area contributed by atoms with Gasteiger partial charge in [-0.05, 0) is 31.9 Å². The van der Waals surface area contributed by atoms with Gasteiger partial charge in [0, 0.05) is 5.54 Å². The van der Waals surface area contributed by atoms with Gasteiger partial charge in [0.15, 0.2) is 5.69 Å². The molecule has 0 saturated heterocycles. The van der Waals surface area contributed by atoms with Crippen molar-refractivity contribution in [2.24, 2.45) is 0 Å². The monoisotopic (exact) mass is 235 g/mol. The lowest BCUT2D eigenvalue weighted by Gasteiger charge is -2.25. The number of esters is 1. The second kappa shape index (κ2) is 4.69. The van der Waals surface area contributed by atoms with Crippen LogP contribution in [0.25, 0.3) is 0 Å². The maximum Gasteiger partial charge on any atom is 0.358 e. The number of aromatic nitrogens is 2. The largest absolute Gasteiger partial charge is 0.464 e. The molecule has 1 aromatic heterocycles. The molecule has 92 valence electrons. The van der Waals surface area contributed by atoms with E-state index in [0.29, 0.717) is 5.82 Å². The zero-order chi connectivity index (χ0) is 12.3. The summed E-state index contributed by atoms with van der Waals surface area (Å²) in [6.07, 6.45) is 4.79. The van der Waals surface area contributed by atoms with Crippen LogP contribution in [0.5, 0.6) is 0 Å². The molecule has 0 radical (unpaired) electrons. The first kappa shape index (κ1) is 11.8. The Hall–Kier alpha value is -1.65. The van der Waals surface area contributed by atoms with Crippen LogP contribution in [0.1, 0.15) is 43.1 Å². The Morgan fingerprint density at radius 1 is 1.35 bits per heavy atom. The van der Waals surface area contributed by atoms with E-state index in [2.05, 4.69) is 27.2 Å². The average Bonchev–Trinajstić information content (AvgIpc) is 2.76. The van der Waals surface area contributed by atoms with Crippen molar-refractivity contribution in [1.82, 2.24) is 10.2 Å². The van der Waals surface area contributed by atoms with Crippen LogP contribution >= 0.6 is 0 Å². The van der Waals surface area contributed by atoms with Crippen LogP contribution in [0.4, 0.5) is 5.82 Å². The van der Waals surface area contributed by atoms with Gasteiger partial charge in [-0.25, -0.2) is 4.79 Å². The smallest absolute Gasteiger partial charge is 0.358 e. The summed E-state index contributed by atoms with van der Waals surface area (Å²) in [7, 11) is 1.33. The van der Waals surface area contributed by atoms with Crippen LogP contribution in [0.15, 0.2) is 12.1 Å². The van der Waals surface area contributed by atoms with E-state index >= 15 is 0 Å². The van der Waals surface area contributed by atoms with Gasteiger partial charge in [0.25, 0.3) is 0 Å². The van der Waals surface area contributed by atoms with Crippen molar-refractivity contribution in [3.63, 3.8) is 0 Å². The Balaban J connectivity index is 2.05. The molecule has 0 amide bonds. The number of ether oxygens (including phenoxy) is 1. The van der Waals surface area contributed by atoms with Crippen molar-refractivity contribution in [2.45, 2.75) is 38.1 Å². The molecule has 5 heteroatoms. The molecule has 0 spiro atoms. The van der Waals surface area contributed by atoms with Crippen LogP contribution < -0.4 is 5.32 Å². The van der Waals surface area contributed by atoms with E-state index in [-0.39, 0.29) is 11.2 Å². The minimum atomic E-state index is -0.462. The molecule has 0 unspecified atom stereocenters. The molecule has 1 aromatic rings. The quantitative estimate of drug-likeness (QED) is 0.812. The summed E-state index contributed by atoms with van der Waals surface area (Å²) in [6.45, 7) is 2.19. The van der Waals surface area contributed by atoms with Crippen molar-refractivity contribution in [1.29, 1.82) is 0 Å². The van der Waals surface area contributed by atoms with E-state index in [4.69, 9.17) is 0 Å². The van der Waals surface area contributed by atoms with E-state index in [0.717, 1.165) is 12.8 Å². The first-order valence-electron chi connectivity index (χ1n) is 5.83. The van der Waals surface area contributed by atoms with Gasteiger partial charge in [0.1, 0.15) is 5.82 Å². The number of carbonyl (C=O) groups excluding carboxylic acids is 1. The molecule has 1 fully saturated rings. The van der Waals surface area contributed by atoms with Crippen molar-refractivity contribution in [2.75, 3.05) is 12.4 Å². The highest BCUT2D eigenvalue weighted by atomic mass is 16.5. The number of anilines is 1. The summed E-state index contributed by atoms with van der Waals surface area (Å²) in [5.74, 6) is 0.248. The van der Waals surface area contributed by atoms with Crippen molar-refractivity contribution in [3.05, 3.63) is 17.8 Å². The number of rotatable bonds is 3. The molecule has 17 heavy (non-hydrogen) atoms. The van der Waals surface area contributed by atoms with Crippen molar-refractivity contribution < 1.29 is 9.53 Å².